The first-order valence-corrected chi connectivity index (χ1v) is 10.7. The average Bonchev–Trinajstić information content (AvgIpc) is 3.41. The Labute approximate surface area is 146 Å². The van der Waals surface area contributed by atoms with E-state index in [2.05, 4.69) is 88.4 Å². The van der Waals surface area contributed by atoms with Crippen LogP contribution in [0.15, 0.2) is 60.7 Å². The van der Waals surface area contributed by atoms with Gasteiger partial charge in [-0.3, -0.25) is 0 Å². The predicted molar refractivity (Wildman–Crippen MR) is 102 cm³/mol. The van der Waals surface area contributed by atoms with Gasteiger partial charge in [-0.05, 0) is 15.4 Å². The first kappa shape index (κ1) is 17.4. The van der Waals surface area contributed by atoms with Gasteiger partial charge in [-0.25, -0.2) is 0 Å². The number of epoxide rings is 1. The topological polar surface area (TPSA) is 21.8 Å². The molecule has 0 bridgehead atoms. The lowest BCUT2D eigenvalue weighted by atomic mass is 10.1. The third-order valence-electron chi connectivity index (χ3n) is 4.97. The van der Waals surface area contributed by atoms with E-state index in [1.807, 2.05) is 0 Å². The van der Waals surface area contributed by atoms with Crippen LogP contribution in [-0.2, 0) is 9.16 Å². The van der Waals surface area contributed by atoms with E-state index in [1.165, 1.54) is 10.4 Å². The first-order chi connectivity index (χ1) is 11.4. The molecule has 24 heavy (non-hydrogen) atoms. The molecule has 1 heterocycles. The van der Waals surface area contributed by atoms with Crippen molar-refractivity contribution >= 4 is 18.7 Å². The smallest absolute Gasteiger partial charge is 0.261 e. The van der Waals surface area contributed by atoms with Gasteiger partial charge < -0.3 is 9.16 Å². The Hall–Kier alpha value is -1.42. The second kappa shape index (κ2) is 6.83. The summed E-state index contributed by atoms with van der Waals surface area (Å²) in [4.78, 5) is 0. The van der Waals surface area contributed by atoms with Gasteiger partial charge in [0, 0.05) is 12.5 Å². The fourth-order valence-corrected chi connectivity index (χ4v) is 8.18. The minimum absolute atomic E-state index is 0.0415. The van der Waals surface area contributed by atoms with Gasteiger partial charge in [0.15, 0.2) is 0 Å². The Morgan fingerprint density at radius 1 is 1.00 bits per heavy atom. The zero-order valence-corrected chi connectivity index (χ0v) is 16.2. The minimum atomic E-state index is -2.39. The summed E-state index contributed by atoms with van der Waals surface area (Å²) in [7, 11) is -2.39. The van der Waals surface area contributed by atoms with E-state index in [-0.39, 0.29) is 5.04 Å². The Morgan fingerprint density at radius 3 is 1.83 bits per heavy atom. The first-order valence-electron chi connectivity index (χ1n) is 8.82. The van der Waals surface area contributed by atoms with Crippen LogP contribution >= 0.6 is 0 Å². The highest BCUT2D eigenvalue weighted by atomic mass is 28.4. The van der Waals surface area contributed by atoms with Crippen LogP contribution in [0, 0.1) is 5.92 Å². The van der Waals surface area contributed by atoms with E-state index in [0.29, 0.717) is 12.0 Å². The number of hydrogen-bond acceptors (Lipinski definition) is 2. The molecule has 0 aromatic heterocycles. The minimum Gasteiger partial charge on any atom is -0.407 e. The second-order valence-corrected chi connectivity index (χ2v) is 12.1. The molecular weight excluding hydrogens is 312 g/mol. The molecule has 2 nitrogen and oxygen atoms in total. The Balaban J connectivity index is 2.06. The van der Waals surface area contributed by atoms with Crippen LogP contribution in [-0.4, -0.2) is 27.6 Å². The molecule has 3 rings (SSSR count). The number of benzene rings is 2. The van der Waals surface area contributed by atoms with Gasteiger partial charge in [0.1, 0.15) is 0 Å². The highest BCUT2D eigenvalue weighted by Crippen LogP contribution is 2.37. The monoisotopic (exact) mass is 340 g/mol. The normalized spacial score (nSPS) is 19.1. The number of ether oxygens (including phenoxy) is 1. The molecule has 0 aliphatic carbocycles. The van der Waals surface area contributed by atoms with Gasteiger partial charge in [0.25, 0.3) is 8.32 Å². The molecular formula is C21H28O2Si. The van der Waals surface area contributed by atoms with E-state index in [9.17, 15) is 0 Å². The third kappa shape index (κ3) is 3.34. The van der Waals surface area contributed by atoms with Crippen molar-refractivity contribution in [2.24, 2.45) is 5.92 Å². The number of hydrogen-bond donors (Lipinski definition) is 0. The fraction of sp³-hybridized carbons (Fsp3) is 0.429. The van der Waals surface area contributed by atoms with E-state index in [4.69, 9.17) is 9.16 Å². The summed E-state index contributed by atoms with van der Waals surface area (Å²) in [6.07, 6.45) is 0.378. The quantitative estimate of drug-likeness (QED) is 0.592. The summed E-state index contributed by atoms with van der Waals surface area (Å²) in [5.41, 5.74) is 0. The summed E-state index contributed by atoms with van der Waals surface area (Å²) < 4.78 is 12.4. The summed E-state index contributed by atoms with van der Waals surface area (Å²) in [5.74, 6) is 0.437. The molecule has 128 valence electrons. The van der Waals surface area contributed by atoms with Gasteiger partial charge in [0.05, 0.1) is 12.7 Å². The van der Waals surface area contributed by atoms with E-state index in [1.54, 1.807) is 0 Å². The molecule has 0 radical (unpaired) electrons. The van der Waals surface area contributed by atoms with Gasteiger partial charge in [-0.15, -0.1) is 0 Å². The Kier molecular flexibility index (Phi) is 4.95. The van der Waals surface area contributed by atoms with Crippen molar-refractivity contribution in [1.29, 1.82) is 0 Å². The highest BCUT2D eigenvalue weighted by molar-refractivity contribution is 6.99. The standard InChI is InChI=1S/C21H28O2Si/c1-17(20-16-22-20)15-23-24(21(2,3)4,18-11-7-5-8-12-18)19-13-9-6-10-14-19/h5-14,17,20H,15-16H2,1-4H3/t17-,20-/m1/s1. The highest BCUT2D eigenvalue weighted by Gasteiger charge is 2.50. The number of rotatable bonds is 6. The van der Waals surface area contributed by atoms with Crippen molar-refractivity contribution < 1.29 is 9.16 Å². The van der Waals surface area contributed by atoms with Gasteiger partial charge in [0.2, 0.25) is 0 Å². The predicted octanol–water partition coefficient (Wildman–Crippen LogP) is 3.60. The molecule has 0 amide bonds. The van der Waals surface area contributed by atoms with Crippen LogP contribution in [0.25, 0.3) is 0 Å². The van der Waals surface area contributed by atoms with Crippen LogP contribution in [0.5, 0.6) is 0 Å². The van der Waals surface area contributed by atoms with E-state index < -0.39 is 8.32 Å². The molecule has 0 unspecified atom stereocenters. The summed E-state index contributed by atoms with van der Waals surface area (Å²) >= 11 is 0. The third-order valence-corrected chi connectivity index (χ3v) is 9.98. The molecule has 0 spiro atoms. The molecule has 2 atom stereocenters. The molecule has 1 aliphatic rings. The maximum Gasteiger partial charge on any atom is 0.261 e. The van der Waals surface area contributed by atoms with Crippen LogP contribution in [0.1, 0.15) is 27.7 Å². The van der Waals surface area contributed by atoms with Crippen molar-refractivity contribution in [1.82, 2.24) is 0 Å². The largest absolute Gasteiger partial charge is 0.407 e. The average molecular weight is 341 g/mol. The maximum absolute atomic E-state index is 6.89. The molecule has 1 aliphatic heterocycles. The lowest BCUT2D eigenvalue weighted by Gasteiger charge is -2.43. The molecule has 0 saturated carbocycles. The van der Waals surface area contributed by atoms with Gasteiger partial charge in [-0.1, -0.05) is 88.4 Å². The Bertz CT molecular complexity index is 605. The lowest BCUT2D eigenvalue weighted by molar-refractivity contribution is 0.212. The molecule has 2 aromatic carbocycles. The molecule has 1 saturated heterocycles. The molecule has 2 aromatic rings. The maximum atomic E-state index is 6.89. The van der Waals surface area contributed by atoms with Crippen LogP contribution < -0.4 is 10.4 Å². The van der Waals surface area contributed by atoms with Crippen LogP contribution in [0.3, 0.4) is 0 Å². The summed E-state index contributed by atoms with van der Waals surface area (Å²) in [6, 6.07) is 21.6. The van der Waals surface area contributed by atoms with Crippen molar-refractivity contribution in [3.8, 4) is 0 Å². The lowest BCUT2D eigenvalue weighted by Crippen LogP contribution is -2.67. The summed E-state index contributed by atoms with van der Waals surface area (Å²) in [5, 5.41) is 2.72. The molecule has 0 N–H and O–H groups in total. The zero-order chi connectivity index (χ0) is 17.2. The van der Waals surface area contributed by atoms with Crippen LogP contribution in [0.2, 0.25) is 5.04 Å². The molecule has 1 fully saturated rings. The van der Waals surface area contributed by atoms with Crippen molar-refractivity contribution in [3.05, 3.63) is 60.7 Å². The van der Waals surface area contributed by atoms with Crippen molar-refractivity contribution in [3.63, 3.8) is 0 Å². The molecule has 3 heteroatoms. The van der Waals surface area contributed by atoms with Crippen molar-refractivity contribution in [2.75, 3.05) is 13.2 Å². The van der Waals surface area contributed by atoms with Gasteiger partial charge in [-0.2, -0.15) is 0 Å². The second-order valence-electron chi connectivity index (χ2n) is 7.82. The Morgan fingerprint density at radius 2 is 1.46 bits per heavy atom. The van der Waals surface area contributed by atoms with Gasteiger partial charge >= 0.3 is 0 Å². The SMILES string of the molecule is C[C@H](CO[Si](c1ccccc1)(c1ccccc1)C(C)(C)C)[C@H]1CO1. The summed E-state index contributed by atoms with van der Waals surface area (Å²) in [6.45, 7) is 10.8. The fourth-order valence-electron chi connectivity index (χ4n) is 3.51. The van der Waals surface area contributed by atoms with E-state index >= 15 is 0 Å². The van der Waals surface area contributed by atoms with Crippen molar-refractivity contribution in [2.45, 2.75) is 38.8 Å². The van der Waals surface area contributed by atoms with Crippen LogP contribution in [0.4, 0.5) is 0 Å². The zero-order valence-electron chi connectivity index (χ0n) is 15.2. The van der Waals surface area contributed by atoms with E-state index in [0.717, 1.165) is 13.2 Å².